The van der Waals surface area contributed by atoms with Gasteiger partial charge in [0, 0.05) is 6.54 Å². The summed E-state index contributed by atoms with van der Waals surface area (Å²) >= 11 is 6.01. The van der Waals surface area contributed by atoms with E-state index in [2.05, 4.69) is 22.4 Å². The molecule has 2 rings (SSSR count). The molecule has 0 amide bonds. The van der Waals surface area contributed by atoms with Gasteiger partial charge in [0.1, 0.15) is 0 Å². The van der Waals surface area contributed by atoms with Crippen molar-refractivity contribution < 1.29 is 0 Å². The third kappa shape index (κ3) is 2.30. The maximum Gasteiger partial charge on any atom is 0.168 e. The van der Waals surface area contributed by atoms with E-state index >= 15 is 0 Å². The lowest BCUT2D eigenvalue weighted by Crippen LogP contribution is -2.16. The van der Waals surface area contributed by atoms with E-state index in [0.29, 0.717) is 5.92 Å². The molecule has 1 aliphatic rings. The average Bonchev–Trinajstić information content (AvgIpc) is 2.77. The number of hydrogen-bond donors (Lipinski definition) is 0. The maximum absolute atomic E-state index is 6.01. The highest BCUT2D eigenvalue weighted by Gasteiger charge is 2.25. The zero-order chi connectivity index (χ0) is 10.8. The van der Waals surface area contributed by atoms with Crippen LogP contribution in [0.5, 0.6) is 0 Å². The first kappa shape index (κ1) is 10.9. The number of alkyl halides is 1. The molecule has 84 valence electrons. The van der Waals surface area contributed by atoms with Gasteiger partial charge in [0.05, 0.1) is 5.38 Å². The van der Waals surface area contributed by atoms with Crippen LogP contribution >= 0.6 is 11.6 Å². The number of nitrogens with zero attached hydrogens (tertiary/aromatic N) is 4. The van der Waals surface area contributed by atoms with E-state index in [1.54, 1.807) is 0 Å². The van der Waals surface area contributed by atoms with Gasteiger partial charge in [-0.05, 0) is 35.6 Å². The summed E-state index contributed by atoms with van der Waals surface area (Å²) in [5, 5.41) is 11.5. The van der Waals surface area contributed by atoms with Crippen molar-refractivity contribution in [3.8, 4) is 0 Å². The number of aromatic nitrogens is 4. The van der Waals surface area contributed by atoms with Crippen molar-refractivity contribution in [1.82, 2.24) is 20.2 Å². The van der Waals surface area contributed by atoms with Crippen LogP contribution < -0.4 is 0 Å². The molecule has 15 heavy (non-hydrogen) atoms. The first-order valence-electron chi connectivity index (χ1n) is 5.58. The van der Waals surface area contributed by atoms with Gasteiger partial charge in [-0.3, -0.25) is 0 Å². The van der Waals surface area contributed by atoms with Crippen molar-refractivity contribution in [3.05, 3.63) is 5.82 Å². The van der Waals surface area contributed by atoms with E-state index in [-0.39, 0.29) is 5.38 Å². The maximum atomic E-state index is 6.01. The molecule has 0 radical (unpaired) electrons. The van der Waals surface area contributed by atoms with Gasteiger partial charge in [-0.25, -0.2) is 4.68 Å². The fourth-order valence-electron chi connectivity index (χ4n) is 2.34. The van der Waals surface area contributed by atoms with Crippen molar-refractivity contribution in [2.75, 3.05) is 0 Å². The van der Waals surface area contributed by atoms with Crippen molar-refractivity contribution in [1.29, 1.82) is 0 Å². The Labute approximate surface area is 95.0 Å². The topological polar surface area (TPSA) is 43.6 Å². The molecule has 4 nitrogen and oxygen atoms in total. The third-order valence-electron chi connectivity index (χ3n) is 3.36. The quantitative estimate of drug-likeness (QED) is 0.747. The lowest BCUT2D eigenvalue weighted by molar-refractivity contribution is 0.338. The summed E-state index contributed by atoms with van der Waals surface area (Å²) in [4.78, 5) is 0. The van der Waals surface area contributed by atoms with Crippen LogP contribution in [0.25, 0.3) is 0 Å². The van der Waals surface area contributed by atoms with Gasteiger partial charge in [0.15, 0.2) is 5.82 Å². The van der Waals surface area contributed by atoms with E-state index in [1.165, 1.54) is 19.3 Å². The van der Waals surface area contributed by atoms with Gasteiger partial charge in [0.2, 0.25) is 0 Å². The Morgan fingerprint density at radius 2 is 2.33 bits per heavy atom. The predicted octanol–water partition coefficient (Wildman–Crippen LogP) is 2.41. The molecule has 1 aromatic rings. The van der Waals surface area contributed by atoms with Gasteiger partial charge >= 0.3 is 0 Å². The molecular formula is C10H17ClN4. The molecule has 0 aliphatic heterocycles. The van der Waals surface area contributed by atoms with Gasteiger partial charge in [-0.15, -0.1) is 16.7 Å². The fourth-order valence-corrected chi connectivity index (χ4v) is 2.50. The molecule has 3 atom stereocenters. The summed E-state index contributed by atoms with van der Waals surface area (Å²) in [6, 6.07) is 0. The predicted molar refractivity (Wildman–Crippen MR) is 58.6 cm³/mol. The number of hydrogen-bond acceptors (Lipinski definition) is 3. The van der Waals surface area contributed by atoms with Gasteiger partial charge in [-0.1, -0.05) is 19.8 Å². The fraction of sp³-hybridized carbons (Fsp3) is 0.900. The SMILES string of the molecule is CC(Cl)c1nnnn1CC1CCCC1C. The van der Waals surface area contributed by atoms with Crippen molar-refractivity contribution >= 4 is 11.6 Å². The van der Waals surface area contributed by atoms with Crippen LogP contribution in [-0.4, -0.2) is 20.2 Å². The molecule has 1 fully saturated rings. The van der Waals surface area contributed by atoms with E-state index < -0.39 is 0 Å². The van der Waals surface area contributed by atoms with E-state index in [0.717, 1.165) is 18.3 Å². The van der Waals surface area contributed by atoms with Crippen molar-refractivity contribution in [2.45, 2.75) is 45.0 Å². The molecule has 1 aromatic heterocycles. The summed E-state index contributed by atoms with van der Waals surface area (Å²) in [6.45, 7) is 5.13. The Morgan fingerprint density at radius 3 is 2.93 bits per heavy atom. The largest absolute Gasteiger partial charge is 0.228 e. The van der Waals surface area contributed by atoms with Crippen LogP contribution in [0.3, 0.4) is 0 Å². The Morgan fingerprint density at radius 1 is 1.53 bits per heavy atom. The van der Waals surface area contributed by atoms with Crippen LogP contribution in [0.1, 0.15) is 44.3 Å². The Balaban J connectivity index is 2.06. The Bertz CT molecular complexity index is 323. The number of rotatable bonds is 3. The van der Waals surface area contributed by atoms with Crippen molar-refractivity contribution in [3.63, 3.8) is 0 Å². The summed E-state index contributed by atoms with van der Waals surface area (Å²) in [6.07, 6.45) is 3.95. The first-order valence-corrected chi connectivity index (χ1v) is 6.02. The summed E-state index contributed by atoms with van der Waals surface area (Å²) in [7, 11) is 0. The molecule has 0 saturated heterocycles. The molecule has 5 heteroatoms. The van der Waals surface area contributed by atoms with Crippen LogP contribution in [0.4, 0.5) is 0 Å². The monoisotopic (exact) mass is 228 g/mol. The van der Waals surface area contributed by atoms with Crippen LogP contribution in [0, 0.1) is 11.8 Å². The third-order valence-corrected chi connectivity index (χ3v) is 3.56. The second kappa shape index (κ2) is 4.47. The lowest BCUT2D eigenvalue weighted by Gasteiger charge is -2.15. The van der Waals surface area contributed by atoms with Gasteiger partial charge < -0.3 is 0 Å². The summed E-state index contributed by atoms with van der Waals surface area (Å²) in [5.41, 5.74) is 0. The molecule has 3 unspecified atom stereocenters. The average molecular weight is 229 g/mol. The van der Waals surface area contributed by atoms with Crippen LogP contribution in [0.2, 0.25) is 0 Å². The number of tetrazole rings is 1. The highest BCUT2D eigenvalue weighted by Crippen LogP contribution is 2.32. The minimum atomic E-state index is -0.114. The van der Waals surface area contributed by atoms with E-state index in [9.17, 15) is 0 Å². The van der Waals surface area contributed by atoms with Crippen LogP contribution in [-0.2, 0) is 6.54 Å². The normalized spacial score (nSPS) is 28.2. The first-order chi connectivity index (χ1) is 7.18. The smallest absolute Gasteiger partial charge is 0.168 e. The second-order valence-corrected chi connectivity index (χ2v) is 5.16. The van der Waals surface area contributed by atoms with Gasteiger partial charge in [0.25, 0.3) is 0 Å². The molecule has 0 spiro atoms. The van der Waals surface area contributed by atoms with E-state index in [1.807, 2.05) is 11.6 Å². The van der Waals surface area contributed by atoms with Gasteiger partial charge in [-0.2, -0.15) is 0 Å². The minimum absolute atomic E-state index is 0.114. The Kier molecular flexibility index (Phi) is 3.24. The highest BCUT2D eigenvalue weighted by molar-refractivity contribution is 6.20. The Hall–Kier alpha value is -0.640. The molecule has 0 aromatic carbocycles. The standard InChI is InChI=1S/C10H17ClN4/c1-7-4-3-5-9(7)6-15-10(8(2)11)12-13-14-15/h7-9H,3-6H2,1-2H3. The molecular weight excluding hydrogens is 212 g/mol. The number of halogens is 1. The second-order valence-electron chi connectivity index (χ2n) is 4.50. The highest BCUT2D eigenvalue weighted by atomic mass is 35.5. The molecule has 1 saturated carbocycles. The summed E-state index contributed by atoms with van der Waals surface area (Å²) in [5.74, 6) is 2.28. The van der Waals surface area contributed by atoms with Crippen LogP contribution in [0.15, 0.2) is 0 Å². The molecule has 0 N–H and O–H groups in total. The zero-order valence-electron chi connectivity index (χ0n) is 9.23. The molecule has 1 aliphatic carbocycles. The lowest BCUT2D eigenvalue weighted by atomic mass is 9.98. The van der Waals surface area contributed by atoms with Crippen molar-refractivity contribution in [2.24, 2.45) is 11.8 Å². The molecule has 1 heterocycles. The zero-order valence-corrected chi connectivity index (χ0v) is 9.98. The molecule has 0 bridgehead atoms. The van der Waals surface area contributed by atoms with E-state index in [4.69, 9.17) is 11.6 Å². The minimum Gasteiger partial charge on any atom is -0.228 e. The summed E-state index contributed by atoms with van der Waals surface area (Å²) < 4.78 is 1.87.